The molecule has 0 saturated carbocycles. The van der Waals surface area contributed by atoms with E-state index in [1.807, 2.05) is 54.6 Å². The van der Waals surface area contributed by atoms with Crippen molar-refractivity contribution in [2.45, 2.75) is 26.2 Å². The van der Waals surface area contributed by atoms with Crippen LogP contribution in [0.5, 0.6) is 11.5 Å². The standard InChI is InChI=1S/C28H28N2O4/c1-28(2,3)19-11-14-21(15-12-19)30-26(31)24(18-9-7-6-8-10-18)25(27(30)32)29-20-13-16-22(33-4)23(17-20)34-5/h6-17,29H,1-5H3. The van der Waals surface area contributed by atoms with E-state index in [1.54, 1.807) is 32.4 Å². The summed E-state index contributed by atoms with van der Waals surface area (Å²) >= 11 is 0. The summed E-state index contributed by atoms with van der Waals surface area (Å²) in [7, 11) is 3.10. The van der Waals surface area contributed by atoms with E-state index < -0.39 is 5.91 Å². The van der Waals surface area contributed by atoms with Crippen molar-refractivity contribution in [2.75, 3.05) is 24.4 Å². The van der Waals surface area contributed by atoms with Crippen molar-refractivity contribution in [3.63, 3.8) is 0 Å². The molecular formula is C28H28N2O4. The lowest BCUT2D eigenvalue weighted by atomic mass is 9.87. The van der Waals surface area contributed by atoms with Crippen LogP contribution in [0.15, 0.2) is 78.5 Å². The van der Waals surface area contributed by atoms with Gasteiger partial charge in [-0.15, -0.1) is 0 Å². The van der Waals surface area contributed by atoms with Gasteiger partial charge in [-0.2, -0.15) is 0 Å². The van der Waals surface area contributed by atoms with E-state index in [0.717, 1.165) is 5.56 Å². The molecule has 0 spiro atoms. The largest absolute Gasteiger partial charge is 0.493 e. The van der Waals surface area contributed by atoms with Crippen LogP contribution in [-0.4, -0.2) is 26.0 Å². The van der Waals surface area contributed by atoms with Gasteiger partial charge in [0, 0.05) is 11.8 Å². The molecule has 3 aromatic carbocycles. The molecule has 1 heterocycles. The average Bonchev–Trinajstić information content (AvgIpc) is 3.08. The summed E-state index contributed by atoms with van der Waals surface area (Å²) in [5.41, 5.74) is 3.41. The summed E-state index contributed by atoms with van der Waals surface area (Å²) in [5.74, 6) is 0.297. The molecule has 0 saturated heterocycles. The Balaban J connectivity index is 1.76. The smallest absolute Gasteiger partial charge is 0.282 e. The highest BCUT2D eigenvalue weighted by Crippen LogP contribution is 2.36. The van der Waals surface area contributed by atoms with Crippen molar-refractivity contribution in [1.29, 1.82) is 0 Å². The van der Waals surface area contributed by atoms with Gasteiger partial charge in [0.2, 0.25) is 0 Å². The number of nitrogens with one attached hydrogen (secondary N) is 1. The van der Waals surface area contributed by atoms with Gasteiger partial charge in [-0.05, 0) is 40.8 Å². The Morgan fingerprint density at radius 2 is 1.41 bits per heavy atom. The van der Waals surface area contributed by atoms with E-state index in [9.17, 15) is 9.59 Å². The monoisotopic (exact) mass is 456 g/mol. The Morgan fingerprint density at radius 1 is 0.765 bits per heavy atom. The summed E-state index contributed by atoms with van der Waals surface area (Å²) in [5, 5.41) is 3.16. The number of methoxy groups -OCH3 is 2. The maximum atomic E-state index is 13.6. The van der Waals surface area contributed by atoms with Gasteiger partial charge < -0.3 is 14.8 Å². The SMILES string of the molecule is COc1ccc(NC2=C(c3ccccc3)C(=O)N(c3ccc(C(C)(C)C)cc3)C2=O)cc1OC. The van der Waals surface area contributed by atoms with Crippen molar-refractivity contribution >= 4 is 28.8 Å². The molecule has 1 aliphatic heterocycles. The van der Waals surface area contributed by atoms with Gasteiger partial charge in [-0.25, -0.2) is 4.90 Å². The molecule has 0 fully saturated rings. The van der Waals surface area contributed by atoms with Gasteiger partial charge in [0.05, 0.1) is 25.5 Å². The fourth-order valence-corrected chi connectivity index (χ4v) is 3.92. The number of anilines is 2. The first-order valence-electron chi connectivity index (χ1n) is 11.0. The van der Waals surface area contributed by atoms with Crippen molar-refractivity contribution in [1.82, 2.24) is 0 Å². The number of carbonyl (C=O) groups is 2. The first-order valence-corrected chi connectivity index (χ1v) is 11.0. The molecule has 4 rings (SSSR count). The molecule has 0 bridgehead atoms. The minimum Gasteiger partial charge on any atom is -0.493 e. The Morgan fingerprint density at radius 3 is 2.00 bits per heavy atom. The molecule has 3 aromatic rings. The number of imide groups is 1. The number of carbonyl (C=O) groups excluding carboxylic acids is 2. The summed E-state index contributed by atoms with van der Waals surface area (Å²) < 4.78 is 10.7. The first kappa shape index (κ1) is 23.1. The topological polar surface area (TPSA) is 67.9 Å². The lowest BCUT2D eigenvalue weighted by molar-refractivity contribution is -0.120. The predicted octanol–water partition coefficient (Wildman–Crippen LogP) is 5.40. The predicted molar refractivity (Wildman–Crippen MR) is 134 cm³/mol. The van der Waals surface area contributed by atoms with Crippen LogP contribution in [0, 0.1) is 0 Å². The number of hydrogen-bond donors (Lipinski definition) is 1. The summed E-state index contributed by atoms with van der Waals surface area (Å²) in [6.07, 6.45) is 0. The highest BCUT2D eigenvalue weighted by Gasteiger charge is 2.40. The van der Waals surface area contributed by atoms with Gasteiger partial charge in [0.15, 0.2) is 11.5 Å². The Bertz CT molecular complexity index is 1260. The molecule has 0 aromatic heterocycles. The van der Waals surface area contributed by atoms with Crippen molar-refractivity contribution in [3.8, 4) is 11.5 Å². The number of nitrogens with zero attached hydrogens (tertiary/aromatic N) is 1. The van der Waals surface area contributed by atoms with Crippen LogP contribution >= 0.6 is 0 Å². The number of benzene rings is 3. The fourth-order valence-electron chi connectivity index (χ4n) is 3.92. The number of amides is 2. The molecule has 0 atom stereocenters. The van der Waals surface area contributed by atoms with Crippen LogP contribution in [0.25, 0.3) is 5.57 Å². The maximum absolute atomic E-state index is 13.6. The van der Waals surface area contributed by atoms with Crippen LogP contribution in [0.3, 0.4) is 0 Å². The summed E-state index contributed by atoms with van der Waals surface area (Å²) in [6, 6.07) is 22.0. The first-order chi connectivity index (χ1) is 16.2. The molecule has 1 N–H and O–H groups in total. The van der Waals surface area contributed by atoms with Crippen molar-refractivity contribution in [3.05, 3.63) is 89.6 Å². The van der Waals surface area contributed by atoms with Gasteiger partial charge in [0.25, 0.3) is 11.8 Å². The van der Waals surface area contributed by atoms with Crippen LogP contribution < -0.4 is 19.7 Å². The van der Waals surface area contributed by atoms with E-state index >= 15 is 0 Å². The molecule has 1 aliphatic rings. The lowest BCUT2D eigenvalue weighted by Crippen LogP contribution is -2.32. The normalized spacial score (nSPS) is 14.0. The van der Waals surface area contributed by atoms with Gasteiger partial charge in [0.1, 0.15) is 5.70 Å². The van der Waals surface area contributed by atoms with Crippen molar-refractivity contribution < 1.29 is 19.1 Å². The summed E-state index contributed by atoms with van der Waals surface area (Å²) in [4.78, 5) is 28.4. The third-order valence-electron chi connectivity index (χ3n) is 5.79. The van der Waals surface area contributed by atoms with Crippen LogP contribution in [-0.2, 0) is 15.0 Å². The highest BCUT2D eigenvalue weighted by atomic mass is 16.5. The Labute approximate surface area is 199 Å². The van der Waals surface area contributed by atoms with E-state index in [1.165, 1.54) is 4.90 Å². The lowest BCUT2D eigenvalue weighted by Gasteiger charge is -2.21. The third-order valence-corrected chi connectivity index (χ3v) is 5.79. The van der Waals surface area contributed by atoms with E-state index in [-0.39, 0.29) is 17.0 Å². The van der Waals surface area contributed by atoms with Crippen molar-refractivity contribution in [2.24, 2.45) is 0 Å². The fraction of sp³-hybridized carbons (Fsp3) is 0.214. The molecule has 0 radical (unpaired) electrons. The third kappa shape index (κ3) is 4.27. The summed E-state index contributed by atoms with van der Waals surface area (Å²) in [6.45, 7) is 6.36. The Kier molecular flexibility index (Phi) is 6.16. The van der Waals surface area contributed by atoms with Crippen LogP contribution in [0.4, 0.5) is 11.4 Å². The molecule has 6 nitrogen and oxygen atoms in total. The quantitative estimate of drug-likeness (QED) is 0.503. The zero-order chi connectivity index (χ0) is 24.5. The molecule has 174 valence electrons. The molecule has 6 heteroatoms. The average molecular weight is 457 g/mol. The number of rotatable bonds is 6. The van der Waals surface area contributed by atoms with E-state index in [2.05, 4.69) is 26.1 Å². The zero-order valence-corrected chi connectivity index (χ0v) is 20.0. The number of hydrogen-bond acceptors (Lipinski definition) is 5. The molecule has 0 aliphatic carbocycles. The molecule has 34 heavy (non-hydrogen) atoms. The second-order valence-electron chi connectivity index (χ2n) is 9.05. The Hall–Kier alpha value is -4.06. The second-order valence-corrected chi connectivity index (χ2v) is 9.05. The number of ether oxygens (including phenoxy) is 2. The van der Waals surface area contributed by atoms with Gasteiger partial charge in [-0.1, -0.05) is 63.2 Å². The highest BCUT2D eigenvalue weighted by molar-refractivity contribution is 6.46. The molecule has 0 unspecified atom stereocenters. The van der Waals surface area contributed by atoms with Gasteiger partial charge >= 0.3 is 0 Å². The van der Waals surface area contributed by atoms with Crippen LogP contribution in [0.1, 0.15) is 31.9 Å². The zero-order valence-electron chi connectivity index (χ0n) is 20.0. The van der Waals surface area contributed by atoms with E-state index in [0.29, 0.717) is 34.0 Å². The second kappa shape index (κ2) is 9.06. The molecular weight excluding hydrogens is 428 g/mol. The van der Waals surface area contributed by atoms with E-state index in [4.69, 9.17) is 9.47 Å². The molecule has 2 amide bonds. The minimum atomic E-state index is -0.415. The minimum absolute atomic E-state index is 0.0366. The van der Waals surface area contributed by atoms with Gasteiger partial charge in [-0.3, -0.25) is 9.59 Å². The maximum Gasteiger partial charge on any atom is 0.282 e. The van der Waals surface area contributed by atoms with Crippen LogP contribution in [0.2, 0.25) is 0 Å².